The summed E-state index contributed by atoms with van der Waals surface area (Å²) < 4.78 is 0. The quantitative estimate of drug-likeness (QED) is 0.258. The molecule has 6 nitrogen and oxygen atoms in total. The molecule has 1 fully saturated rings. The Balaban J connectivity index is 0.00000363. The van der Waals surface area contributed by atoms with E-state index in [2.05, 4.69) is 44.8 Å². The molecule has 0 bridgehead atoms. The number of piperidine rings is 1. The van der Waals surface area contributed by atoms with Crippen molar-refractivity contribution >= 4 is 47.4 Å². The van der Waals surface area contributed by atoms with Gasteiger partial charge in [0.05, 0.1) is 5.92 Å². The van der Waals surface area contributed by atoms with E-state index in [1.807, 2.05) is 24.3 Å². The van der Waals surface area contributed by atoms with Gasteiger partial charge in [-0.1, -0.05) is 48.0 Å². The molecule has 4 N–H and O–H groups in total. The van der Waals surface area contributed by atoms with Crippen LogP contribution in [0, 0.1) is 5.92 Å². The van der Waals surface area contributed by atoms with Gasteiger partial charge in [0.2, 0.25) is 5.91 Å². The zero-order chi connectivity index (χ0) is 22.1. The van der Waals surface area contributed by atoms with Crippen LogP contribution >= 0.6 is 35.6 Å². The number of benzene rings is 2. The van der Waals surface area contributed by atoms with Crippen molar-refractivity contribution < 1.29 is 4.79 Å². The normalized spacial score (nSPS) is 16.8. The molecule has 1 unspecified atom stereocenters. The highest BCUT2D eigenvalue weighted by Crippen LogP contribution is 2.18. The van der Waals surface area contributed by atoms with E-state index < -0.39 is 0 Å². The number of hydrogen-bond donors (Lipinski definition) is 3. The zero-order valence-corrected chi connectivity index (χ0v) is 21.6. The van der Waals surface area contributed by atoms with E-state index in [0.29, 0.717) is 6.54 Å². The van der Waals surface area contributed by atoms with Crippen molar-refractivity contribution in [1.29, 1.82) is 0 Å². The predicted octanol–water partition coefficient (Wildman–Crippen LogP) is 3.56. The van der Waals surface area contributed by atoms with Gasteiger partial charge in [-0.15, -0.1) is 24.0 Å². The number of primary amides is 1. The van der Waals surface area contributed by atoms with E-state index in [-0.39, 0.29) is 35.8 Å². The molecule has 0 aliphatic carbocycles. The molecule has 1 aliphatic rings. The fourth-order valence-electron chi connectivity index (χ4n) is 3.91. The van der Waals surface area contributed by atoms with Gasteiger partial charge >= 0.3 is 0 Å². The standard InChI is InChI=1S/C24H32ClN5O.HI/c1-27-24(28-12-11-18-7-9-22(25)10-8-18)29-15-19-4-2-5-20(14-19)16-30-13-3-6-21(17-30)23(26)31;/h2,4-5,7-10,14,21H,3,6,11-13,15-17H2,1H3,(H2,26,31)(H2,27,28,29);1H. The zero-order valence-electron chi connectivity index (χ0n) is 18.5. The third-order valence-electron chi connectivity index (χ3n) is 5.61. The van der Waals surface area contributed by atoms with Gasteiger partial charge in [-0.3, -0.25) is 14.7 Å². The highest BCUT2D eigenvalue weighted by Gasteiger charge is 2.23. The number of amides is 1. The molecule has 0 radical (unpaired) electrons. The molecule has 0 spiro atoms. The van der Waals surface area contributed by atoms with Gasteiger partial charge in [-0.25, -0.2) is 0 Å². The molecule has 3 rings (SSSR count). The minimum absolute atomic E-state index is 0. The van der Waals surface area contributed by atoms with Crippen LogP contribution in [0.2, 0.25) is 5.02 Å². The number of likely N-dealkylation sites (tertiary alicyclic amines) is 1. The van der Waals surface area contributed by atoms with E-state index >= 15 is 0 Å². The highest BCUT2D eigenvalue weighted by atomic mass is 127. The van der Waals surface area contributed by atoms with Crippen LogP contribution < -0.4 is 16.4 Å². The lowest BCUT2D eigenvalue weighted by molar-refractivity contribution is -0.123. The SMILES string of the molecule is CN=C(NCCc1ccc(Cl)cc1)NCc1cccc(CN2CCCC(C(N)=O)C2)c1.I. The van der Waals surface area contributed by atoms with Gasteiger partial charge in [0.1, 0.15) is 0 Å². The Labute approximate surface area is 213 Å². The maximum Gasteiger partial charge on any atom is 0.221 e. The number of carbonyl (C=O) groups is 1. The van der Waals surface area contributed by atoms with Crippen LogP contribution in [0.15, 0.2) is 53.5 Å². The number of guanidine groups is 1. The second-order valence-corrected chi connectivity index (χ2v) is 8.46. The fourth-order valence-corrected chi connectivity index (χ4v) is 4.04. The first-order chi connectivity index (χ1) is 15.0. The van der Waals surface area contributed by atoms with E-state index in [4.69, 9.17) is 17.3 Å². The van der Waals surface area contributed by atoms with Crippen LogP contribution in [0.1, 0.15) is 29.5 Å². The van der Waals surface area contributed by atoms with E-state index in [1.165, 1.54) is 16.7 Å². The lowest BCUT2D eigenvalue weighted by Crippen LogP contribution is -2.40. The summed E-state index contributed by atoms with van der Waals surface area (Å²) in [7, 11) is 1.78. The second-order valence-electron chi connectivity index (χ2n) is 8.03. The third kappa shape index (κ3) is 8.60. The number of nitrogens with two attached hydrogens (primary N) is 1. The topological polar surface area (TPSA) is 82.8 Å². The maximum absolute atomic E-state index is 11.5. The average molecular weight is 570 g/mol. The molecule has 8 heteroatoms. The smallest absolute Gasteiger partial charge is 0.221 e. The predicted molar refractivity (Wildman–Crippen MR) is 142 cm³/mol. The lowest BCUT2D eigenvalue weighted by atomic mass is 9.97. The number of carbonyl (C=O) groups excluding carboxylic acids is 1. The molecular weight excluding hydrogens is 537 g/mol. The number of nitrogens with zero attached hydrogens (tertiary/aromatic N) is 2. The van der Waals surface area contributed by atoms with Gasteiger partial charge in [-0.2, -0.15) is 0 Å². The number of hydrogen-bond acceptors (Lipinski definition) is 3. The van der Waals surface area contributed by atoms with Crippen LogP contribution in [-0.4, -0.2) is 43.4 Å². The van der Waals surface area contributed by atoms with E-state index in [1.54, 1.807) is 7.05 Å². The number of rotatable bonds is 8. The largest absolute Gasteiger partial charge is 0.369 e. The lowest BCUT2D eigenvalue weighted by Gasteiger charge is -2.31. The summed E-state index contributed by atoms with van der Waals surface area (Å²) >= 11 is 5.94. The summed E-state index contributed by atoms with van der Waals surface area (Å²) in [5.41, 5.74) is 9.18. The van der Waals surface area contributed by atoms with Crippen molar-refractivity contribution in [1.82, 2.24) is 15.5 Å². The molecule has 174 valence electrons. The van der Waals surface area contributed by atoms with Crippen LogP contribution in [-0.2, 0) is 24.3 Å². The summed E-state index contributed by atoms with van der Waals surface area (Å²) in [5, 5.41) is 7.48. The van der Waals surface area contributed by atoms with Crippen molar-refractivity contribution in [3.05, 3.63) is 70.2 Å². The summed E-state index contributed by atoms with van der Waals surface area (Å²) in [6, 6.07) is 16.4. The minimum Gasteiger partial charge on any atom is -0.369 e. The van der Waals surface area contributed by atoms with Gasteiger partial charge in [0, 0.05) is 38.2 Å². The molecule has 2 aromatic carbocycles. The minimum atomic E-state index is -0.183. The van der Waals surface area contributed by atoms with Crippen molar-refractivity contribution in [2.24, 2.45) is 16.6 Å². The van der Waals surface area contributed by atoms with Crippen molar-refractivity contribution in [3.63, 3.8) is 0 Å². The Morgan fingerprint density at radius 3 is 2.62 bits per heavy atom. The molecule has 32 heavy (non-hydrogen) atoms. The van der Waals surface area contributed by atoms with E-state index in [9.17, 15) is 4.79 Å². The molecule has 1 amide bonds. The van der Waals surface area contributed by atoms with E-state index in [0.717, 1.165) is 56.4 Å². The van der Waals surface area contributed by atoms with Gasteiger partial charge in [0.25, 0.3) is 0 Å². The highest BCUT2D eigenvalue weighted by molar-refractivity contribution is 14.0. The Bertz CT molecular complexity index is 890. The molecule has 1 atom stereocenters. The Morgan fingerprint density at radius 1 is 1.16 bits per heavy atom. The summed E-state index contributed by atoms with van der Waals surface area (Å²) in [6.45, 7) is 4.08. The van der Waals surface area contributed by atoms with Gasteiger partial charge < -0.3 is 16.4 Å². The van der Waals surface area contributed by atoms with Crippen molar-refractivity contribution in [3.8, 4) is 0 Å². The molecule has 1 heterocycles. The second kappa shape index (κ2) is 13.6. The first kappa shape index (κ1) is 26.4. The summed E-state index contributed by atoms with van der Waals surface area (Å²) in [4.78, 5) is 18.2. The van der Waals surface area contributed by atoms with Crippen LogP contribution in [0.3, 0.4) is 0 Å². The molecular formula is C24H33ClIN5O. The maximum atomic E-state index is 11.5. The molecule has 1 saturated heterocycles. The molecule has 0 saturated carbocycles. The third-order valence-corrected chi connectivity index (χ3v) is 5.86. The number of nitrogens with one attached hydrogen (secondary N) is 2. The van der Waals surface area contributed by atoms with Crippen LogP contribution in [0.5, 0.6) is 0 Å². The molecule has 2 aromatic rings. The first-order valence-electron chi connectivity index (χ1n) is 10.8. The monoisotopic (exact) mass is 569 g/mol. The Morgan fingerprint density at radius 2 is 1.91 bits per heavy atom. The summed E-state index contributed by atoms with van der Waals surface area (Å²) in [5.74, 6) is 0.568. The van der Waals surface area contributed by atoms with Crippen molar-refractivity contribution in [2.75, 3.05) is 26.7 Å². The number of halogens is 2. The van der Waals surface area contributed by atoms with Crippen LogP contribution in [0.4, 0.5) is 0 Å². The Hall–Kier alpha value is -1.84. The Kier molecular flexibility index (Phi) is 11.3. The first-order valence-corrected chi connectivity index (χ1v) is 11.2. The van der Waals surface area contributed by atoms with Crippen molar-refractivity contribution in [2.45, 2.75) is 32.4 Å². The van der Waals surface area contributed by atoms with Crippen LogP contribution in [0.25, 0.3) is 0 Å². The summed E-state index contributed by atoms with van der Waals surface area (Å²) in [6.07, 6.45) is 2.82. The number of aliphatic imine (C=N–C) groups is 1. The van der Waals surface area contributed by atoms with Gasteiger partial charge in [0.15, 0.2) is 5.96 Å². The fraction of sp³-hybridized carbons (Fsp3) is 0.417. The van der Waals surface area contributed by atoms with Gasteiger partial charge in [-0.05, 0) is 54.6 Å². The average Bonchev–Trinajstić information content (AvgIpc) is 2.78. The molecule has 1 aliphatic heterocycles. The molecule has 0 aromatic heterocycles.